The van der Waals surface area contributed by atoms with Crippen molar-refractivity contribution in [1.82, 2.24) is 5.32 Å². The normalized spacial score (nSPS) is 12.4. The maximum absolute atomic E-state index is 9.08. The van der Waals surface area contributed by atoms with Crippen LogP contribution in [0, 0.1) is 5.41 Å². The van der Waals surface area contributed by atoms with Crippen molar-refractivity contribution in [3.05, 3.63) is 0 Å². The van der Waals surface area contributed by atoms with E-state index in [0.717, 1.165) is 19.5 Å². The Hall–Kier alpha value is -0.160. The number of hydrogen-bond acceptors (Lipinski definition) is 4. The topological polar surface area (TPSA) is 50.7 Å². The molecule has 0 saturated heterocycles. The van der Waals surface area contributed by atoms with Gasteiger partial charge in [-0.2, -0.15) is 0 Å². The van der Waals surface area contributed by atoms with Crippen LogP contribution >= 0.6 is 0 Å². The Kier molecular flexibility index (Phi) is 8.84. The van der Waals surface area contributed by atoms with Crippen molar-refractivity contribution in [2.24, 2.45) is 5.41 Å². The van der Waals surface area contributed by atoms with E-state index >= 15 is 0 Å². The summed E-state index contributed by atoms with van der Waals surface area (Å²) in [5.74, 6) is 0. The maximum Gasteiger partial charge on any atom is 0.158 e. The van der Waals surface area contributed by atoms with E-state index in [1.807, 2.05) is 27.7 Å². The Balaban J connectivity index is 3.61. The molecule has 0 bridgehead atoms. The lowest BCUT2D eigenvalue weighted by Gasteiger charge is -2.23. The second-order valence-electron chi connectivity index (χ2n) is 4.63. The number of ether oxygens (including phenoxy) is 2. The van der Waals surface area contributed by atoms with Crippen LogP contribution in [0.15, 0.2) is 0 Å². The Labute approximate surface area is 99.3 Å². The molecule has 0 rings (SSSR count). The van der Waals surface area contributed by atoms with Gasteiger partial charge in [0.1, 0.15) is 0 Å². The SMILES string of the molecule is CCOC(CCNCC(C)(C)CO)OCC. The van der Waals surface area contributed by atoms with E-state index in [1.165, 1.54) is 0 Å². The van der Waals surface area contributed by atoms with E-state index in [1.54, 1.807) is 0 Å². The summed E-state index contributed by atoms with van der Waals surface area (Å²) in [5.41, 5.74) is -0.0628. The molecule has 0 saturated carbocycles. The minimum atomic E-state index is -0.111. The average molecular weight is 233 g/mol. The molecular formula is C12H27NO3. The van der Waals surface area contributed by atoms with E-state index in [9.17, 15) is 0 Å². The van der Waals surface area contributed by atoms with Gasteiger partial charge in [-0.25, -0.2) is 0 Å². The van der Waals surface area contributed by atoms with Crippen molar-refractivity contribution in [2.45, 2.75) is 40.4 Å². The Bertz CT molecular complexity index is 156. The van der Waals surface area contributed by atoms with Crippen LogP contribution < -0.4 is 5.32 Å². The molecule has 4 nitrogen and oxygen atoms in total. The molecule has 0 aromatic rings. The molecule has 0 radical (unpaired) electrons. The maximum atomic E-state index is 9.08. The van der Waals surface area contributed by atoms with Crippen LogP contribution in [0.25, 0.3) is 0 Å². The van der Waals surface area contributed by atoms with Gasteiger partial charge in [-0.05, 0) is 20.4 Å². The molecule has 0 fully saturated rings. The average Bonchev–Trinajstić information content (AvgIpc) is 2.25. The molecule has 16 heavy (non-hydrogen) atoms. The fourth-order valence-corrected chi connectivity index (χ4v) is 1.29. The molecular weight excluding hydrogens is 206 g/mol. The third-order valence-corrected chi connectivity index (χ3v) is 2.29. The summed E-state index contributed by atoms with van der Waals surface area (Å²) in [5, 5.41) is 12.4. The lowest BCUT2D eigenvalue weighted by Crippen LogP contribution is -2.34. The first kappa shape index (κ1) is 15.8. The van der Waals surface area contributed by atoms with Crippen molar-refractivity contribution >= 4 is 0 Å². The standard InChI is InChI=1S/C12H27NO3/c1-5-15-11(16-6-2)7-8-13-9-12(3,4)10-14/h11,13-14H,5-10H2,1-4H3. The molecule has 98 valence electrons. The molecule has 0 aliphatic carbocycles. The van der Waals surface area contributed by atoms with Gasteiger partial charge >= 0.3 is 0 Å². The summed E-state index contributed by atoms with van der Waals surface area (Å²) in [6.07, 6.45) is 0.725. The van der Waals surface area contributed by atoms with Crippen LogP contribution in [0.5, 0.6) is 0 Å². The van der Waals surface area contributed by atoms with E-state index < -0.39 is 0 Å². The second-order valence-corrected chi connectivity index (χ2v) is 4.63. The van der Waals surface area contributed by atoms with Crippen molar-refractivity contribution in [1.29, 1.82) is 0 Å². The Morgan fingerprint density at radius 2 is 1.75 bits per heavy atom. The highest BCUT2D eigenvalue weighted by molar-refractivity contribution is 4.69. The van der Waals surface area contributed by atoms with Gasteiger partial charge in [-0.15, -0.1) is 0 Å². The van der Waals surface area contributed by atoms with Crippen molar-refractivity contribution in [2.75, 3.05) is 32.9 Å². The van der Waals surface area contributed by atoms with Gasteiger partial charge in [0.05, 0.1) is 0 Å². The van der Waals surface area contributed by atoms with Crippen molar-refractivity contribution in [3.8, 4) is 0 Å². The lowest BCUT2D eigenvalue weighted by molar-refractivity contribution is -0.138. The first-order valence-electron chi connectivity index (χ1n) is 6.10. The fraction of sp³-hybridized carbons (Fsp3) is 1.00. The molecule has 0 aromatic carbocycles. The Morgan fingerprint density at radius 3 is 2.19 bits per heavy atom. The van der Waals surface area contributed by atoms with E-state index in [-0.39, 0.29) is 18.3 Å². The molecule has 0 aromatic heterocycles. The van der Waals surface area contributed by atoms with Crippen LogP contribution in [-0.2, 0) is 9.47 Å². The zero-order chi connectivity index (χ0) is 12.4. The van der Waals surface area contributed by atoms with Crippen molar-refractivity contribution < 1.29 is 14.6 Å². The summed E-state index contributed by atoms with van der Waals surface area (Å²) in [6.45, 7) is 11.2. The van der Waals surface area contributed by atoms with E-state index in [4.69, 9.17) is 14.6 Å². The zero-order valence-electron chi connectivity index (χ0n) is 11.1. The highest BCUT2D eigenvalue weighted by Gasteiger charge is 2.15. The van der Waals surface area contributed by atoms with Crippen LogP contribution in [0.3, 0.4) is 0 Å². The molecule has 0 aliphatic heterocycles. The number of aliphatic hydroxyl groups excluding tert-OH is 1. The van der Waals surface area contributed by atoms with Gasteiger partial charge in [0.2, 0.25) is 0 Å². The Morgan fingerprint density at radius 1 is 1.19 bits per heavy atom. The van der Waals surface area contributed by atoms with Gasteiger partial charge in [0.15, 0.2) is 6.29 Å². The van der Waals surface area contributed by atoms with Crippen molar-refractivity contribution in [3.63, 3.8) is 0 Å². The number of nitrogens with one attached hydrogen (secondary N) is 1. The van der Waals surface area contributed by atoms with Gasteiger partial charge in [0.25, 0.3) is 0 Å². The summed E-state index contributed by atoms with van der Waals surface area (Å²) in [7, 11) is 0. The van der Waals surface area contributed by atoms with Crippen LogP contribution in [-0.4, -0.2) is 44.3 Å². The molecule has 0 atom stereocenters. The van der Waals surface area contributed by atoms with E-state index in [0.29, 0.717) is 13.2 Å². The molecule has 0 aliphatic rings. The zero-order valence-corrected chi connectivity index (χ0v) is 11.1. The largest absolute Gasteiger partial charge is 0.396 e. The second kappa shape index (κ2) is 8.93. The van der Waals surface area contributed by atoms with Gasteiger partial charge in [-0.3, -0.25) is 0 Å². The molecule has 0 amide bonds. The summed E-state index contributed by atoms with van der Waals surface area (Å²) >= 11 is 0. The molecule has 2 N–H and O–H groups in total. The number of hydrogen-bond donors (Lipinski definition) is 2. The summed E-state index contributed by atoms with van der Waals surface area (Å²) in [6, 6.07) is 0. The van der Waals surface area contributed by atoms with Crippen LogP contribution in [0.2, 0.25) is 0 Å². The predicted molar refractivity (Wildman–Crippen MR) is 65.4 cm³/mol. The van der Waals surface area contributed by atoms with Gasteiger partial charge < -0.3 is 19.9 Å². The first-order chi connectivity index (χ1) is 7.55. The third-order valence-electron chi connectivity index (χ3n) is 2.29. The fourth-order valence-electron chi connectivity index (χ4n) is 1.29. The highest BCUT2D eigenvalue weighted by Crippen LogP contribution is 2.11. The first-order valence-corrected chi connectivity index (χ1v) is 6.10. The number of aliphatic hydroxyl groups is 1. The van der Waals surface area contributed by atoms with Gasteiger partial charge in [0, 0.05) is 38.2 Å². The quantitative estimate of drug-likeness (QED) is 0.442. The van der Waals surface area contributed by atoms with Crippen LogP contribution in [0.4, 0.5) is 0 Å². The summed E-state index contributed by atoms with van der Waals surface area (Å²) < 4.78 is 10.9. The predicted octanol–water partition coefficient (Wildman–Crippen LogP) is 1.38. The molecule has 4 heteroatoms. The van der Waals surface area contributed by atoms with Crippen LogP contribution in [0.1, 0.15) is 34.1 Å². The minimum Gasteiger partial charge on any atom is -0.396 e. The third kappa shape index (κ3) is 8.05. The minimum absolute atomic E-state index is 0.0628. The van der Waals surface area contributed by atoms with Gasteiger partial charge in [-0.1, -0.05) is 13.8 Å². The summed E-state index contributed by atoms with van der Waals surface area (Å²) in [4.78, 5) is 0. The smallest absolute Gasteiger partial charge is 0.158 e. The molecule has 0 unspecified atom stereocenters. The molecule has 0 heterocycles. The highest BCUT2D eigenvalue weighted by atomic mass is 16.7. The molecule has 0 spiro atoms. The monoisotopic (exact) mass is 233 g/mol. The lowest BCUT2D eigenvalue weighted by atomic mass is 9.95. The van der Waals surface area contributed by atoms with E-state index in [2.05, 4.69) is 5.32 Å². The number of rotatable bonds is 10.